The van der Waals surface area contributed by atoms with Gasteiger partial charge in [0.15, 0.2) is 0 Å². The number of hydrogen-bond acceptors (Lipinski definition) is 2. The average molecular weight is 243 g/mol. The molecule has 0 N–H and O–H groups in total. The van der Waals surface area contributed by atoms with Gasteiger partial charge in [0.1, 0.15) is 5.75 Å². The summed E-state index contributed by atoms with van der Waals surface area (Å²) in [5.74, 6) is 1.07. The zero-order valence-electron chi connectivity index (χ0n) is 7.42. The van der Waals surface area contributed by atoms with E-state index in [1.54, 1.807) is 0 Å². The summed E-state index contributed by atoms with van der Waals surface area (Å²) < 4.78 is 10.2. The van der Waals surface area contributed by atoms with Crippen molar-refractivity contribution in [2.24, 2.45) is 0 Å². The number of alkyl halides is 1. The van der Waals surface area contributed by atoms with Crippen LogP contribution in [0.5, 0.6) is 5.75 Å². The van der Waals surface area contributed by atoms with Crippen molar-refractivity contribution in [3.63, 3.8) is 0 Å². The first kappa shape index (κ1) is 10.1. The highest BCUT2D eigenvalue weighted by Gasteiger charge is 2.02. The van der Waals surface area contributed by atoms with Crippen LogP contribution in [0.1, 0.15) is 5.56 Å². The summed E-state index contributed by atoms with van der Waals surface area (Å²) in [4.78, 5) is 0. The molecular weight excluding hydrogens is 232 g/mol. The van der Waals surface area contributed by atoms with Crippen LogP contribution >= 0.6 is 15.9 Å². The lowest BCUT2D eigenvalue weighted by molar-refractivity contribution is 0.153. The molecule has 1 aromatic rings. The van der Waals surface area contributed by atoms with Crippen molar-refractivity contribution in [3.8, 4) is 5.75 Å². The van der Waals surface area contributed by atoms with Crippen LogP contribution in [-0.2, 0) is 10.1 Å². The third-order valence-corrected chi connectivity index (χ3v) is 2.17. The second kappa shape index (κ2) is 4.92. The SMILES string of the molecule is C=C(OC)Oc1ccccc1CBr. The van der Waals surface area contributed by atoms with Gasteiger partial charge in [-0.15, -0.1) is 0 Å². The molecule has 3 heteroatoms. The van der Waals surface area contributed by atoms with Crippen molar-refractivity contribution in [1.29, 1.82) is 0 Å². The predicted molar refractivity (Wildman–Crippen MR) is 55.9 cm³/mol. The van der Waals surface area contributed by atoms with Crippen molar-refractivity contribution in [3.05, 3.63) is 42.4 Å². The minimum atomic E-state index is 0.299. The molecule has 0 heterocycles. The van der Waals surface area contributed by atoms with Crippen molar-refractivity contribution >= 4 is 15.9 Å². The lowest BCUT2D eigenvalue weighted by Gasteiger charge is -2.09. The largest absolute Gasteiger partial charge is 0.469 e. The summed E-state index contributed by atoms with van der Waals surface area (Å²) >= 11 is 3.37. The molecule has 0 spiro atoms. The number of rotatable bonds is 4. The fraction of sp³-hybridized carbons (Fsp3) is 0.200. The maximum absolute atomic E-state index is 5.34. The maximum atomic E-state index is 5.34. The van der Waals surface area contributed by atoms with Crippen LogP contribution < -0.4 is 4.74 Å². The molecule has 0 unspecified atom stereocenters. The monoisotopic (exact) mass is 242 g/mol. The van der Waals surface area contributed by atoms with E-state index in [9.17, 15) is 0 Å². The topological polar surface area (TPSA) is 18.5 Å². The molecule has 0 aliphatic heterocycles. The van der Waals surface area contributed by atoms with E-state index in [2.05, 4.69) is 22.5 Å². The zero-order chi connectivity index (χ0) is 9.68. The van der Waals surface area contributed by atoms with Crippen LogP contribution in [0.25, 0.3) is 0 Å². The van der Waals surface area contributed by atoms with E-state index >= 15 is 0 Å². The molecule has 0 amide bonds. The molecule has 0 radical (unpaired) electrons. The van der Waals surface area contributed by atoms with Crippen LogP contribution in [0.4, 0.5) is 0 Å². The highest BCUT2D eigenvalue weighted by molar-refractivity contribution is 9.08. The number of ether oxygens (including phenoxy) is 2. The Morgan fingerprint density at radius 1 is 1.46 bits per heavy atom. The lowest BCUT2D eigenvalue weighted by atomic mass is 10.2. The van der Waals surface area contributed by atoms with E-state index in [4.69, 9.17) is 9.47 Å². The van der Waals surface area contributed by atoms with E-state index in [1.807, 2.05) is 24.3 Å². The third-order valence-electron chi connectivity index (χ3n) is 1.57. The van der Waals surface area contributed by atoms with Gasteiger partial charge >= 0.3 is 0 Å². The number of methoxy groups -OCH3 is 1. The molecule has 1 aromatic carbocycles. The van der Waals surface area contributed by atoms with E-state index in [0.717, 1.165) is 16.6 Å². The standard InChI is InChI=1S/C10H11BrO2/c1-8(12-2)13-10-6-4-3-5-9(10)7-11/h3-6H,1,7H2,2H3. The first-order chi connectivity index (χ1) is 6.27. The highest BCUT2D eigenvalue weighted by Crippen LogP contribution is 2.22. The molecule has 0 aliphatic carbocycles. The fourth-order valence-corrected chi connectivity index (χ4v) is 1.34. The van der Waals surface area contributed by atoms with Crippen LogP contribution in [0.2, 0.25) is 0 Å². The van der Waals surface area contributed by atoms with Crippen molar-refractivity contribution in [2.75, 3.05) is 7.11 Å². The quantitative estimate of drug-likeness (QED) is 0.597. The van der Waals surface area contributed by atoms with Gasteiger partial charge in [-0.3, -0.25) is 0 Å². The first-order valence-corrected chi connectivity index (χ1v) is 4.94. The number of halogens is 1. The van der Waals surface area contributed by atoms with Gasteiger partial charge < -0.3 is 9.47 Å². The molecule has 0 aliphatic rings. The third kappa shape index (κ3) is 2.77. The number of benzene rings is 1. The molecule has 0 fully saturated rings. The minimum Gasteiger partial charge on any atom is -0.469 e. The lowest BCUT2D eigenvalue weighted by Crippen LogP contribution is -1.97. The molecule has 0 bridgehead atoms. The Morgan fingerprint density at radius 3 is 2.77 bits per heavy atom. The van der Waals surface area contributed by atoms with Crippen molar-refractivity contribution in [1.82, 2.24) is 0 Å². The number of hydrogen-bond donors (Lipinski definition) is 0. The van der Waals surface area contributed by atoms with Crippen LogP contribution in [0, 0.1) is 0 Å². The van der Waals surface area contributed by atoms with Gasteiger partial charge in [0.25, 0.3) is 5.95 Å². The molecule has 0 aromatic heterocycles. The van der Waals surface area contributed by atoms with Crippen molar-refractivity contribution < 1.29 is 9.47 Å². The summed E-state index contributed by atoms with van der Waals surface area (Å²) in [6.45, 7) is 3.58. The van der Waals surface area contributed by atoms with Gasteiger partial charge in [0, 0.05) is 10.9 Å². The Morgan fingerprint density at radius 2 is 2.15 bits per heavy atom. The van der Waals surface area contributed by atoms with E-state index in [1.165, 1.54) is 7.11 Å². The number of para-hydroxylation sites is 1. The predicted octanol–water partition coefficient (Wildman–Crippen LogP) is 3.08. The molecule has 0 atom stereocenters. The van der Waals surface area contributed by atoms with Crippen LogP contribution in [0.3, 0.4) is 0 Å². The zero-order valence-corrected chi connectivity index (χ0v) is 9.00. The van der Waals surface area contributed by atoms with Gasteiger partial charge in [-0.25, -0.2) is 0 Å². The van der Waals surface area contributed by atoms with Crippen LogP contribution in [0.15, 0.2) is 36.8 Å². The van der Waals surface area contributed by atoms with Gasteiger partial charge in [0.05, 0.1) is 7.11 Å². The Kier molecular flexibility index (Phi) is 3.83. The fourth-order valence-electron chi connectivity index (χ4n) is 0.878. The second-order valence-electron chi connectivity index (χ2n) is 2.42. The van der Waals surface area contributed by atoms with Gasteiger partial charge in [0.2, 0.25) is 0 Å². The van der Waals surface area contributed by atoms with Gasteiger partial charge in [-0.2, -0.15) is 0 Å². The Balaban J connectivity index is 2.81. The van der Waals surface area contributed by atoms with E-state index < -0.39 is 0 Å². The van der Waals surface area contributed by atoms with Crippen molar-refractivity contribution in [2.45, 2.75) is 5.33 Å². The Bertz CT molecular complexity index is 297. The minimum absolute atomic E-state index is 0.299. The second-order valence-corrected chi connectivity index (χ2v) is 2.98. The average Bonchev–Trinajstić information content (AvgIpc) is 2.18. The summed E-state index contributed by atoms with van der Waals surface area (Å²) in [7, 11) is 1.53. The van der Waals surface area contributed by atoms with E-state index in [0.29, 0.717) is 5.95 Å². The molecular formula is C10H11BrO2. The first-order valence-electron chi connectivity index (χ1n) is 3.82. The molecule has 0 saturated heterocycles. The molecule has 70 valence electrons. The summed E-state index contributed by atoms with van der Waals surface area (Å²) in [6.07, 6.45) is 0. The molecule has 0 saturated carbocycles. The maximum Gasteiger partial charge on any atom is 0.276 e. The normalized spacial score (nSPS) is 9.38. The van der Waals surface area contributed by atoms with Gasteiger partial charge in [-0.05, 0) is 12.6 Å². The smallest absolute Gasteiger partial charge is 0.276 e. The Hall–Kier alpha value is -0.960. The van der Waals surface area contributed by atoms with Crippen LogP contribution in [-0.4, -0.2) is 7.11 Å². The van der Waals surface area contributed by atoms with Gasteiger partial charge in [-0.1, -0.05) is 34.1 Å². The Labute approximate surface area is 86.3 Å². The summed E-state index contributed by atoms with van der Waals surface area (Å²) in [5.41, 5.74) is 1.07. The molecule has 1 rings (SSSR count). The van der Waals surface area contributed by atoms with E-state index in [-0.39, 0.29) is 0 Å². The molecule has 2 nitrogen and oxygen atoms in total. The summed E-state index contributed by atoms with van der Waals surface area (Å²) in [5, 5.41) is 0.750. The summed E-state index contributed by atoms with van der Waals surface area (Å²) in [6, 6.07) is 7.72. The molecule has 13 heavy (non-hydrogen) atoms. The highest BCUT2D eigenvalue weighted by atomic mass is 79.9.